The lowest BCUT2D eigenvalue weighted by molar-refractivity contribution is -0.125. The van der Waals surface area contributed by atoms with Gasteiger partial charge in [-0.3, -0.25) is 14.7 Å². The van der Waals surface area contributed by atoms with Crippen molar-refractivity contribution in [1.29, 1.82) is 0 Å². The molecule has 1 unspecified atom stereocenters. The van der Waals surface area contributed by atoms with Gasteiger partial charge in [-0.25, -0.2) is 13.6 Å². The number of amides is 3. The minimum Gasteiger partial charge on any atom is -0.329 e. The predicted octanol–water partition coefficient (Wildman–Crippen LogP) is 1.88. The van der Waals surface area contributed by atoms with E-state index in [9.17, 15) is 18.4 Å². The molecule has 1 N–H and O–H groups in total. The Morgan fingerprint density at radius 2 is 2.08 bits per heavy atom. The smallest absolute Gasteiger partial charge is 0.324 e. The SMILES string of the molecule is O=C1CNC(=O)N1[C@@H]1C[C@H]1C1C=CC(c2ccc(F)cc2F)=NC1. The third kappa shape index (κ3) is 2.50. The summed E-state index contributed by atoms with van der Waals surface area (Å²) in [5, 5.41) is 2.52. The Kier molecular flexibility index (Phi) is 3.44. The van der Waals surface area contributed by atoms with Crippen LogP contribution in [0.1, 0.15) is 12.0 Å². The summed E-state index contributed by atoms with van der Waals surface area (Å²) in [4.78, 5) is 29.1. The van der Waals surface area contributed by atoms with Crippen molar-refractivity contribution in [2.24, 2.45) is 16.8 Å². The molecule has 3 aliphatic rings. The van der Waals surface area contributed by atoms with Gasteiger partial charge >= 0.3 is 6.03 Å². The second kappa shape index (κ2) is 5.51. The summed E-state index contributed by atoms with van der Waals surface area (Å²) >= 11 is 0. The molecule has 24 heavy (non-hydrogen) atoms. The minimum atomic E-state index is -0.638. The van der Waals surface area contributed by atoms with E-state index in [1.54, 1.807) is 6.08 Å². The Balaban J connectivity index is 1.44. The zero-order valence-corrected chi connectivity index (χ0v) is 12.7. The molecule has 2 aliphatic heterocycles. The number of carbonyl (C=O) groups excluding carboxylic acids is 2. The second-order valence-electron chi connectivity index (χ2n) is 6.26. The number of nitrogens with zero attached hydrogens (tertiary/aromatic N) is 2. The third-order valence-electron chi connectivity index (χ3n) is 4.75. The summed E-state index contributed by atoms with van der Waals surface area (Å²) in [5.74, 6) is -1.14. The van der Waals surface area contributed by atoms with Crippen molar-refractivity contribution in [3.8, 4) is 0 Å². The molecule has 1 saturated carbocycles. The van der Waals surface area contributed by atoms with Crippen molar-refractivity contribution >= 4 is 17.6 Å². The summed E-state index contributed by atoms with van der Waals surface area (Å²) in [6.45, 7) is 0.530. The Labute approximate surface area is 137 Å². The largest absolute Gasteiger partial charge is 0.329 e. The van der Waals surface area contributed by atoms with E-state index < -0.39 is 11.6 Å². The van der Waals surface area contributed by atoms with Crippen molar-refractivity contribution in [2.45, 2.75) is 12.5 Å². The molecule has 0 radical (unpaired) electrons. The van der Waals surface area contributed by atoms with Gasteiger partial charge in [-0.2, -0.15) is 0 Å². The van der Waals surface area contributed by atoms with E-state index in [2.05, 4.69) is 10.3 Å². The maximum atomic E-state index is 13.8. The molecule has 1 saturated heterocycles. The third-order valence-corrected chi connectivity index (χ3v) is 4.75. The summed E-state index contributed by atoms with van der Waals surface area (Å²) < 4.78 is 26.8. The molecule has 3 atom stereocenters. The molecule has 4 rings (SSSR count). The molecular weight excluding hydrogens is 316 g/mol. The van der Waals surface area contributed by atoms with E-state index in [0.29, 0.717) is 12.3 Å². The van der Waals surface area contributed by atoms with Gasteiger partial charge in [-0.1, -0.05) is 6.08 Å². The highest BCUT2D eigenvalue weighted by atomic mass is 19.1. The highest BCUT2D eigenvalue weighted by Gasteiger charge is 2.51. The molecule has 3 amide bonds. The first-order valence-electron chi connectivity index (χ1n) is 7.82. The van der Waals surface area contributed by atoms with Crippen molar-refractivity contribution in [2.75, 3.05) is 13.1 Å². The van der Waals surface area contributed by atoms with Crippen LogP contribution in [-0.2, 0) is 4.79 Å². The number of carbonyl (C=O) groups is 2. The molecule has 7 heteroatoms. The first-order chi connectivity index (χ1) is 11.5. The Morgan fingerprint density at radius 3 is 2.71 bits per heavy atom. The van der Waals surface area contributed by atoms with E-state index in [0.717, 1.165) is 12.5 Å². The number of allylic oxidation sites excluding steroid dienone is 1. The molecule has 1 aliphatic carbocycles. The van der Waals surface area contributed by atoms with Crippen LogP contribution in [0.4, 0.5) is 13.6 Å². The van der Waals surface area contributed by atoms with Crippen LogP contribution in [-0.4, -0.2) is 41.7 Å². The molecule has 124 valence electrons. The van der Waals surface area contributed by atoms with Gasteiger partial charge in [-0.05, 0) is 30.5 Å². The first kappa shape index (κ1) is 15.0. The summed E-state index contributed by atoms with van der Waals surface area (Å²) in [6, 6.07) is 3.02. The number of hydrogen-bond acceptors (Lipinski definition) is 3. The average molecular weight is 331 g/mol. The molecule has 1 aromatic carbocycles. The van der Waals surface area contributed by atoms with Crippen LogP contribution in [0.25, 0.3) is 0 Å². The number of imide groups is 1. The van der Waals surface area contributed by atoms with Gasteiger partial charge in [0.2, 0.25) is 5.91 Å². The van der Waals surface area contributed by atoms with Gasteiger partial charge < -0.3 is 5.32 Å². The van der Waals surface area contributed by atoms with Crippen molar-refractivity contribution in [3.05, 3.63) is 47.5 Å². The maximum Gasteiger partial charge on any atom is 0.324 e. The number of urea groups is 1. The summed E-state index contributed by atoms with van der Waals surface area (Å²) in [6.07, 6.45) is 4.43. The van der Waals surface area contributed by atoms with Crippen molar-refractivity contribution < 1.29 is 18.4 Å². The van der Waals surface area contributed by atoms with Crippen LogP contribution in [0.3, 0.4) is 0 Å². The number of aliphatic imine (C=N–C) groups is 1. The van der Waals surface area contributed by atoms with Crippen LogP contribution in [0.2, 0.25) is 0 Å². The monoisotopic (exact) mass is 331 g/mol. The highest BCUT2D eigenvalue weighted by molar-refractivity contribution is 6.09. The molecule has 5 nitrogen and oxygen atoms in total. The Bertz CT molecular complexity index is 774. The number of halogens is 2. The highest BCUT2D eigenvalue weighted by Crippen LogP contribution is 2.44. The normalized spacial score (nSPS) is 28.8. The van der Waals surface area contributed by atoms with E-state index in [1.807, 2.05) is 6.08 Å². The molecule has 0 spiro atoms. The van der Waals surface area contributed by atoms with Gasteiger partial charge in [0.1, 0.15) is 11.6 Å². The number of hydrogen-bond donors (Lipinski definition) is 1. The molecule has 0 aromatic heterocycles. The molecule has 0 bridgehead atoms. The fourth-order valence-corrected chi connectivity index (χ4v) is 3.41. The fourth-order valence-electron chi connectivity index (χ4n) is 3.41. The Morgan fingerprint density at radius 1 is 1.25 bits per heavy atom. The topological polar surface area (TPSA) is 61.8 Å². The van der Waals surface area contributed by atoms with E-state index in [-0.39, 0.29) is 41.9 Å². The Hall–Kier alpha value is -2.57. The number of rotatable bonds is 3. The van der Waals surface area contributed by atoms with Gasteiger partial charge in [0.05, 0.1) is 12.3 Å². The van der Waals surface area contributed by atoms with Crippen LogP contribution in [0, 0.1) is 23.5 Å². The lowest BCUT2D eigenvalue weighted by Crippen LogP contribution is -2.35. The summed E-state index contributed by atoms with van der Waals surface area (Å²) in [5.41, 5.74) is 0.753. The van der Waals surface area contributed by atoms with E-state index >= 15 is 0 Å². The molecule has 2 fully saturated rings. The van der Waals surface area contributed by atoms with Gasteiger partial charge in [0, 0.05) is 30.1 Å². The minimum absolute atomic E-state index is 0.0642. The van der Waals surface area contributed by atoms with Crippen LogP contribution in [0.5, 0.6) is 0 Å². The van der Waals surface area contributed by atoms with Gasteiger partial charge in [0.15, 0.2) is 0 Å². The van der Waals surface area contributed by atoms with Crippen LogP contribution < -0.4 is 5.32 Å². The summed E-state index contributed by atoms with van der Waals surface area (Å²) in [7, 11) is 0. The van der Waals surface area contributed by atoms with E-state index in [4.69, 9.17) is 0 Å². The quantitative estimate of drug-likeness (QED) is 0.860. The van der Waals surface area contributed by atoms with Crippen molar-refractivity contribution in [3.63, 3.8) is 0 Å². The number of dihydropyridines is 1. The number of benzene rings is 1. The van der Waals surface area contributed by atoms with Gasteiger partial charge in [0.25, 0.3) is 0 Å². The zero-order chi connectivity index (χ0) is 16.8. The first-order valence-corrected chi connectivity index (χ1v) is 7.82. The van der Waals surface area contributed by atoms with E-state index in [1.165, 1.54) is 17.0 Å². The predicted molar refractivity (Wildman–Crippen MR) is 82.5 cm³/mol. The molecule has 1 aromatic rings. The maximum absolute atomic E-state index is 13.8. The second-order valence-corrected chi connectivity index (χ2v) is 6.26. The average Bonchev–Trinajstić information content (AvgIpc) is 3.26. The number of nitrogens with one attached hydrogen (secondary N) is 1. The standard InChI is InChI=1S/C17H15F2N3O2/c18-10-2-3-11(13(19)5-10)14-4-1-9(7-20-14)12-6-15(12)22-16(23)8-21-17(22)24/h1-5,9,12,15H,6-8H2,(H,21,24)/t9?,12-,15+/m0/s1. The van der Waals surface area contributed by atoms with Crippen LogP contribution in [0.15, 0.2) is 35.3 Å². The molecular formula is C17H15F2N3O2. The molecule has 2 heterocycles. The van der Waals surface area contributed by atoms with Crippen molar-refractivity contribution in [1.82, 2.24) is 10.2 Å². The fraction of sp³-hybridized carbons (Fsp3) is 0.353. The van der Waals surface area contributed by atoms with Crippen LogP contribution >= 0.6 is 0 Å². The lowest BCUT2D eigenvalue weighted by Gasteiger charge is -2.18. The van der Waals surface area contributed by atoms with Gasteiger partial charge in [-0.15, -0.1) is 0 Å². The zero-order valence-electron chi connectivity index (χ0n) is 12.7. The lowest BCUT2D eigenvalue weighted by atomic mass is 9.97.